The molecule has 0 saturated heterocycles. The average Bonchev–Trinajstić information content (AvgIpc) is 3.22. The first-order valence-electron chi connectivity index (χ1n) is 9.33. The molecule has 0 aliphatic heterocycles. The molecule has 0 spiro atoms. The number of nitrogens with zero attached hydrogens (tertiary/aromatic N) is 4. The third kappa shape index (κ3) is 4.27. The minimum absolute atomic E-state index is 0.0253. The van der Waals surface area contributed by atoms with Crippen LogP contribution >= 0.6 is 11.6 Å². The summed E-state index contributed by atoms with van der Waals surface area (Å²) in [6, 6.07) is 8.47. The summed E-state index contributed by atoms with van der Waals surface area (Å²) in [5.74, 6) is -0.0379. The number of amides is 1. The van der Waals surface area contributed by atoms with Gasteiger partial charge in [0.2, 0.25) is 0 Å². The molecule has 0 bridgehead atoms. The fourth-order valence-corrected chi connectivity index (χ4v) is 3.30. The molecule has 8 nitrogen and oxygen atoms in total. The molecule has 3 aromatic heterocycles. The normalized spacial score (nSPS) is 11.5. The topological polar surface area (TPSA) is 90.6 Å². The van der Waals surface area contributed by atoms with E-state index >= 15 is 0 Å². The summed E-state index contributed by atoms with van der Waals surface area (Å²) in [6.07, 6.45) is -2.33. The number of ether oxygens (including phenoxy) is 2. The van der Waals surface area contributed by atoms with Gasteiger partial charge < -0.3 is 14.8 Å². The Morgan fingerprint density at radius 3 is 2.55 bits per heavy atom. The van der Waals surface area contributed by atoms with Crippen LogP contribution in [0.3, 0.4) is 0 Å². The fourth-order valence-electron chi connectivity index (χ4n) is 3.14. The van der Waals surface area contributed by atoms with Crippen molar-refractivity contribution in [2.24, 2.45) is 0 Å². The van der Waals surface area contributed by atoms with Gasteiger partial charge in [-0.1, -0.05) is 11.6 Å². The van der Waals surface area contributed by atoms with Gasteiger partial charge in [-0.3, -0.25) is 4.79 Å². The van der Waals surface area contributed by atoms with E-state index in [-0.39, 0.29) is 27.7 Å². The summed E-state index contributed by atoms with van der Waals surface area (Å²) < 4.78 is 52.5. The number of benzene rings is 1. The van der Waals surface area contributed by atoms with Crippen molar-refractivity contribution in [2.45, 2.75) is 6.18 Å². The summed E-state index contributed by atoms with van der Waals surface area (Å²) in [6.45, 7) is 0. The second-order valence-corrected chi connectivity index (χ2v) is 7.04. The largest absolute Gasteiger partial charge is 0.493 e. The SMILES string of the molecule is COc1ccc(-c2cc(C(F)(F)F)n3ncc(C(=O)Nc4cccnc4Cl)c3n2)cc1OC. The minimum atomic E-state index is -4.76. The van der Waals surface area contributed by atoms with Gasteiger partial charge in [0.1, 0.15) is 5.56 Å². The third-order valence-corrected chi connectivity index (χ3v) is 4.99. The Bertz CT molecular complexity index is 1360. The van der Waals surface area contributed by atoms with Gasteiger partial charge in [-0.2, -0.15) is 18.3 Å². The summed E-state index contributed by atoms with van der Waals surface area (Å²) in [4.78, 5) is 21.0. The molecule has 33 heavy (non-hydrogen) atoms. The van der Waals surface area contributed by atoms with E-state index in [0.717, 1.165) is 12.3 Å². The molecule has 0 saturated carbocycles. The quantitative estimate of drug-likeness (QED) is 0.418. The van der Waals surface area contributed by atoms with Gasteiger partial charge in [-0.15, -0.1) is 0 Å². The van der Waals surface area contributed by atoms with Gasteiger partial charge in [0.05, 0.1) is 31.8 Å². The number of carbonyl (C=O) groups is 1. The zero-order valence-corrected chi connectivity index (χ0v) is 17.9. The highest BCUT2D eigenvalue weighted by Gasteiger charge is 2.36. The zero-order chi connectivity index (χ0) is 23.8. The molecule has 3 heterocycles. The van der Waals surface area contributed by atoms with Gasteiger partial charge in [0.25, 0.3) is 5.91 Å². The van der Waals surface area contributed by atoms with Crippen LogP contribution in [0.1, 0.15) is 16.1 Å². The number of aromatic nitrogens is 4. The van der Waals surface area contributed by atoms with Crippen molar-refractivity contribution < 1.29 is 27.4 Å². The molecule has 0 unspecified atom stereocenters. The lowest BCUT2D eigenvalue weighted by Gasteiger charge is -2.13. The smallest absolute Gasteiger partial charge is 0.433 e. The molecule has 0 aliphatic carbocycles. The highest BCUT2D eigenvalue weighted by molar-refractivity contribution is 6.32. The van der Waals surface area contributed by atoms with Crippen LogP contribution in [-0.2, 0) is 6.18 Å². The van der Waals surface area contributed by atoms with Gasteiger partial charge in [-0.05, 0) is 36.4 Å². The van der Waals surface area contributed by atoms with Crippen LogP contribution in [0.4, 0.5) is 18.9 Å². The second-order valence-electron chi connectivity index (χ2n) is 6.68. The van der Waals surface area contributed by atoms with E-state index in [2.05, 4.69) is 20.4 Å². The van der Waals surface area contributed by atoms with Crippen molar-refractivity contribution in [1.82, 2.24) is 19.6 Å². The van der Waals surface area contributed by atoms with E-state index in [9.17, 15) is 18.0 Å². The molecule has 12 heteroatoms. The van der Waals surface area contributed by atoms with Gasteiger partial charge >= 0.3 is 6.18 Å². The Kier molecular flexibility index (Phi) is 5.81. The fraction of sp³-hybridized carbons (Fsp3) is 0.143. The number of halogens is 4. The van der Waals surface area contributed by atoms with Crippen LogP contribution in [-0.4, -0.2) is 39.7 Å². The van der Waals surface area contributed by atoms with Gasteiger partial charge in [0.15, 0.2) is 28.0 Å². The molecule has 4 rings (SSSR count). The molecule has 0 aliphatic rings. The molecule has 1 aromatic carbocycles. The number of hydrogen-bond acceptors (Lipinski definition) is 6. The van der Waals surface area contributed by atoms with Crippen LogP contribution in [0.15, 0.2) is 48.8 Å². The number of carbonyl (C=O) groups excluding carboxylic acids is 1. The number of hydrogen-bond donors (Lipinski definition) is 1. The van der Waals surface area contributed by atoms with Gasteiger partial charge in [0, 0.05) is 11.8 Å². The van der Waals surface area contributed by atoms with Crippen molar-refractivity contribution in [3.05, 3.63) is 65.2 Å². The van der Waals surface area contributed by atoms with Crippen molar-refractivity contribution in [1.29, 1.82) is 0 Å². The number of pyridine rings is 1. The Hall–Kier alpha value is -3.86. The van der Waals surface area contributed by atoms with Gasteiger partial charge in [-0.25, -0.2) is 14.5 Å². The average molecular weight is 478 g/mol. The molecule has 1 amide bonds. The maximum atomic E-state index is 13.8. The molecule has 0 atom stereocenters. The number of nitrogens with one attached hydrogen (secondary N) is 1. The first-order chi connectivity index (χ1) is 15.7. The van der Waals surface area contributed by atoms with Crippen molar-refractivity contribution in [3.63, 3.8) is 0 Å². The van der Waals surface area contributed by atoms with Crippen LogP contribution in [0.5, 0.6) is 11.5 Å². The molecule has 0 radical (unpaired) electrons. The van der Waals surface area contributed by atoms with Crippen molar-refractivity contribution in [3.8, 4) is 22.8 Å². The summed E-state index contributed by atoms with van der Waals surface area (Å²) in [5, 5.41) is 6.28. The van der Waals surface area contributed by atoms with E-state index in [0.29, 0.717) is 21.6 Å². The standard InChI is InChI=1S/C21H15ClF3N5O3/c1-32-15-6-5-11(8-16(15)33-2)14-9-17(21(23,24)25)30-19(28-14)12(10-27-30)20(31)29-13-4-3-7-26-18(13)22/h3-10H,1-2H3,(H,29,31). The molecule has 1 N–H and O–H groups in total. The molecule has 4 aromatic rings. The Morgan fingerprint density at radius 2 is 1.88 bits per heavy atom. The number of anilines is 1. The molecular formula is C21H15ClF3N5O3. The lowest BCUT2D eigenvalue weighted by Crippen LogP contribution is -2.16. The predicted molar refractivity (Wildman–Crippen MR) is 114 cm³/mol. The van der Waals surface area contributed by atoms with E-state index in [1.165, 1.54) is 38.6 Å². The number of rotatable bonds is 5. The Morgan fingerprint density at radius 1 is 1.12 bits per heavy atom. The molecular weight excluding hydrogens is 463 g/mol. The third-order valence-electron chi connectivity index (χ3n) is 4.69. The van der Waals surface area contributed by atoms with Crippen molar-refractivity contribution >= 4 is 28.8 Å². The molecule has 0 fully saturated rings. The summed E-state index contributed by atoms with van der Waals surface area (Å²) in [7, 11) is 2.84. The number of methoxy groups -OCH3 is 2. The zero-order valence-electron chi connectivity index (χ0n) is 17.1. The summed E-state index contributed by atoms with van der Waals surface area (Å²) in [5.41, 5.74) is -1.09. The van der Waals surface area contributed by atoms with Crippen LogP contribution in [0, 0.1) is 0 Å². The van der Waals surface area contributed by atoms with E-state index < -0.39 is 17.8 Å². The monoisotopic (exact) mass is 477 g/mol. The maximum Gasteiger partial charge on any atom is 0.433 e. The van der Waals surface area contributed by atoms with Crippen molar-refractivity contribution in [2.75, 3.05) is 19.5 Å². The molecule has 170 valence electrons. The maximum absolute atomic E-state index is 13.8. The number of alkyl halides is 3. The van der Waals surface area contributed by atoms with Crippen LogP contribution in [0.2, 0.25) is 5.15 Å². The second kappa shape index (κ2) is 8.58. The lowest BCUT2D eigenvalue weighted by molar-refractivity contribution is -0.142. The lowest BCUT2D eigenvalue weighted by atomic mass is 10.1. The van der Waals surface area contributed by atoms with E-state index in [1.54, 1.807) is 12.1 Å². The first-order valence-corrected chi connectivity index (χ1v) is 9.71. The predicted octanol–water partition coefficient (Wildman–Crippen LogP) is 4.73. The Labute approximate surface area is 189 Å². The highest BCUT2D eigenvalue weighted by atomic mass is 35.5. The summed E-state index contributed by atoms with van der Waals surface area (Å²) >= 11 is 5.96. The van der Waals surface area contributed by atoms with E-state index in [4.69, 9.17) is 21.1 Å². The Balaban J connectivity index is 1.86. The highest BCUT2D eigenvalue weighted by Crippen LogP contribution is 2.36. The first kappa shape index (κ1) is 22.3. The van der Waals surface area contributed by atoms with Crippen LogP contribution in [0.25, 0.3) is 16.9 Å². The van der Waals surface area contributed by atoms with Crippen LogP contribution < -0.4 is 14.8 Å². The van der Waals surface area contributed by atoms with E-state index in [1.807, 2.05) is 0 Å². The number of fused-ring (bicyclic) bond motifs is 1. The minimum Gasteiger partial charge on any atom is -0.493 e.